The van der Waals surface area contributed by atoms with Crippen LogP contribution in [0.15, 0.2) is 0 Å². The third-order valence-electron chi connectivity index (χ3n) is 3.03. The minimum atomic E-state index is 0.237. The van der Waals surface area contributed by atoms with Gasteiger partial charge in [-0.3, -0.25) is 9.59 Å². The number of thioether (sulfide) groups is 2. The van der Waals surface area contributed by atoms with E-state index in [9.17, 15) is 9.59 Å². The first-order valence-corrected chi connectivity index (χ1v) is 11.3. The highest BCUT2D eigenvalue weighted by Gasteiger charge is 2.10. The second-order valence-electron chi connectivity index (χ2n) is 5.37. The Morgan fingerprint density at radius 2 is 0.833 bits per heavy atom. The Morgan fingerprint density at radius 1 is 0.583 bits per heavy atom. The minimum Gasteiger partial charge on any atom is -0.334 e. The molecule has 0 atom stereocenters. The second-order valence-corrected chi connectivity index (χ2v) is 7.80. The van der Waals surface area contributed by atoms with Gasteiger partial charge in [0.15, 0.2) is 0 Å². The van der Waals surface area contributed by atoms with E-state index in [4.69, 9.17) is 0 Å². The van der Waals surface area contributed by atoms with E-state index in [0.717, 1.165) is 63.4 Å². The Hall–Kier alpha value is -0.360. The highest BCUT2D eigenvalue weighted by Crippen LogP contribution is 2.09. The first-order valence-electron chi connectivity index (χ1n) is 9.35. The quantitative estimate of drug-likeness (QED) is 0.470. The molecule has 0 aromatic rings. The van der Waals surface area contributed by atoms with Crippen LogP contribution in [0.4, 0.5) is 9.59 Å². The van der Waals surface area contributed by atoms with Crippen LogP contribution in [0.5, 0.6) is 0 Å². The van der Waals surface area contributed by atoms with Crippen LogP contribution in [-0.2, 0) is 0 Å². The lowest BCUT2D eigenvalue weighted by Gasteiger charge is -2.20. The van der Waals surface area contributed by atoms with Gasteiger partial charge in [0.2, 0.25) is 0 Å². The van der Waals surface area contributed by atoms with Crippen molar-refractivity contribution < 1.29 is 9.59 Å². The van der Waals surface area contributed by atoms with Crippen LogP contribution < -0.4 is 0 Å². The second kappa shape index (κ2) is 19.0. The van der Waals surface area contributed by atoms with E-state index in [1.807, 2.05) is 23.6 Å². The van der Waals surface area contributed by atoms with Crippen molar-refractivity contribution in [2.45, 2.75) is 67.2 Å². The van der Waals surface area contributed by atoms with Crippen molar-refractivity contribution in [3.05, 3.63) is 0 Å². The molecular weight excluding hydrogens is 340 g/mol. The molecule has 0 bridgehead atoms. The maximum Gasteiger partial charge on any atom is 0.281 e. The van der Waals surface area contributed by atoms with Crippen LogP contribution in [0.2, 0.25) is 0 Å². The number of amides is 2. The molecule has 144 valence electrons. The smallest absolute Gasteiger partial charge is 0.281 e. The van der Waals surface area contributed by atoms with Crippen molar-refractivity contribution in [3.8, 4) is 0 Å². The standard InChI is InChI=1S/2C9H19NOS/c2*1-4-7-10(8-5-2)9(11)12-6-3/h2*4-8H2,1-3H3. The van der Waals surface area contributed by atoms with Crippen LogP contribution in [0.25, 0.3) is 0 Å². The monoisotopic (exact) mass is 378 g/mol. The van der Waals surface area contributed by atoms with E-state index in [0.29, 0.717) is 0 Å². The zero-order chi connectivity index (χ0) is 18.8. The summed E-state index contributed by atoms with van der Waals surface area (Å²) in [6.45, 7) is 16.0. The maximum atomic E-state index is 11.4. The summed E-state index contributed by atoms with van der Waals surface area (Å²) in [5.41, 5.74) is 0. The molecule has 2 amide bonds. The fourth-order valence-corrected chi connectivity index (χ4v) is 3.32. The molecule has 0 fully saturated rings. The molecule has 0 aliphatic carbocycles. The molecule has 0 saturated carbocycles. The third kappa shape index (κ3) is 14.0. The first-order chi connectivity index (χ1) is 11.5. The summed E-state index contributed by atoms with van der Waals surface area (Å²) in [6.07, 6.45) is 4.21. The average molecular weight is 379 g/mol. The van der Waals surface area contributed by atoms with Crippen molar-refractivity contribution in [2.75, 3.05) is 37.7 Å². The molecule has 0 aliphatic rings. The molecule has 6 heteroatoms. The Kier molecular flexibility index (Phi) is 20.5. The van der Waals surface area contributed by atoms with E-state index in [1.165, 1.54) is 23.5 Å². The van der Waals surface area contributed by atoms with Gasteiger partial charge in [-0.15, -0.1) is 0 Å². The number of hydrogen-bond donors (Lipinski definition) is 0. The highest BCUT2D eigenvalue weighted by molar-refractivity contribution is 8.13. The lowest BCUT2D eigenvalue weighted by atomic mass is 10.4. The van der Waals surface area contributed by atoms with Crippen molar-refractivity contribution in [1.29, 1.82) is 0 Å². The third-order valence-corrected chi connectivity index (χ3v) is 4.61. The van der Waals surface area contributed by atoms with Crippen molar-refractivity contribution in [2.24, 2.45) is 0 Å². The SMILES string of the molecule is CCCN(CCC)C(=O)SCC.CCCN(CCC)C(=O)SCC. The first kappa shape index (κ1) is 25.9. The number of carbonyl (C=O) groups is 2. The fraction of sp³-hybridized carbons (Fsp3) is 0.889. The molecule has 0 N–H and O–H groups in total. The van der Waals surface area contributed by atoms with Crippen LogP contribution >= 0.6 is 23.5 Å². The molecular formula is C18H38N2O2S2. The fourth-order valence-electron chi connectivity index (χ4n) is 2.10. The van der Waals surface area contributed by atoms with E-state index in [2.05, 4.69) is 27.7 Å². The molecule has 24 heavy (non-hydrogen) atoms. The number of rotatable bonds is 10. The number of hydrogen-bond acceptors (Lipinski definition) is 4. The summed E-state index contributed by atoms with van der Waals surface area (Å²) < 4.78 is 0. The zero-order valence-electron chi connectivity index (χ0n) is 16.6. The predicted octanol–water partition coefficient (Wildman–Crippen LogP) is 5.96. The summed E-state index contributed by atoms with van der Waals surface area (Å²) in [6, 6.07) is 0. The molecule has 0 rings (SSSR count). The summed E-state index contributed by atoms with van der Waals surface area (Å²) in [5.74, 6) is 1.76. The Morgan fingerprint density at radius 3 is 1.00 bits per heavy atom. The molecule has 0 aliphatic heterocycles. The van der Waals surface area contributed by atoms with Gasteiger partial charge in [0, 0.05) is 26.2 Å². The molecule has 0 heterocycles. The molecule has 0 unspecified atom stereocenters. The number of carbonyl (C=O) groups excluding carboxylic acids is 2. The Bertz CT molecular complexity index is 273. The Labute approximate surface area is 158 Å². The summed E-state index contributed by atoms with van der Waals surface area (Å²) in [5, 5.41) is 0.474. The Balaban J connectivity index is 0. The predicted molar refractivity (Wildman–Crippen MR) is 111 cm³/mol. The number of nitrogens with zero attached hydrogens (tertiary/aromatic N) is 2. The van der Waals surface area contributed by atoms with Crippen LogP contribution in [0.1, 0.15) is 67.2 Å². The molecule has 0 aromatic heterocycles. The van der Waals surface area contributed by atoms with Crippen LogP contribution in [0, 0.1) is 0 Å². The topological polar surface area (TPSA) is 40.6 Å². The minimum absolute atomic E-state index is 0.237. The van der Waals surface area contributed by atoms with E-state index in [-0.39, 0.29) is 10.5 Å². The average Bonchev–Trinajstić information content (AvgIpc) is 2.55. The zero-order valence-corrected chi connectivity index (χ0v) is 18.2. The largest absolute Gasteiger partial charge is 0.334 e. The van der Waals surface area contributed by atoms with Gasteiger partial charge in [0.1, 0.15) is 0 Å². The van der Waals surface area contributed by atoms with Gasteiger partial charge in [0.25, 0.3) is 10.5 Å². The molecule has 0 saturated heterocycles. The van der Waals surface area contributed by atoms with Gasteiger partial charge in [-0.25, -0.2) is 0 Å². The van der Waals surface area contributed by atoms with Crippen LogP contribution in [0.3, 0.4) is 0 Å². The van der Waals surface area contributed by atoms with Gasteiger partial charge in [-0.05, 0) is 37.2 Å². The van der Waals surface area contributed by atoms with Crippen LogP contribution in [-0.4, -0.2) is 58.0 Å². The molecule has 0 radical (unpaired) electrons. The molecule has 0 spiro atoms. The molecule has 4 nitrogen and oxygen atoms in total. The van der Waals surface area contributed by atoms with Gasteiger partial charge >= 0.3 is 0 Å². The van der Waals surface area contributed by atoms with Crippen molar-refractivity contribution >= 4 is 34.0 Å². The van der Waals surface area contributed by atoms with Gasteiger partial charge < -0.3 is 9.80 Å². The van der Waals surface area contributed by atoms with Crippen molar-refractivity contribution in [3.63, 3.8) is 0 Å². The lowest BCUT2D eigenvalue weighted by Crippen LogP contribution is -2.29. The van der Waals surface area contributed by atoms with E-state index >= 15 is 0 Å². The van der Waals surface area contributed by atoms with Crippen molar-refractivity contribution in [1.82, 2.24) is 9.80 Å². The summed E-state index contributed by atoms with van der Waals surface area (Å²) in [4.78, 5) is 26.7. The van der Waals surface area contributed by atoms with E-state index < -0.39 is 0 Å². The normalized spacial score (nSPS) is 9.92. The van der Waals surface area contributed by atoms with Gasteiger partial charge in [0.05, 0.1) is 0 Å². The maximum absolute atomic E-state index is 11.4. The summed E-state index contributed by atoms with van der Waals surface area (Å²) in [7, 11) is 0. The van der Waals surface area contributed by atoms with Gasteiger partial charge in [-0.1, -0.05) is 65.1 Å². The van der Waals surface area contributed by atoms with Gasteiger partial charge in [-0.2, -0.15) is 0 Å². The molecule has 0 aromatic carbocycles. The lowest BCUT2D eigenvalue weighted by molar-refractivity contribution is 0.222. The highest BCUT2D eigenvalue weighted by atomic mass is 32.2. The van der Waals surface area contributed by atoms with E-state index in [1.54, 1.807) is 0 Å². The summed E-state index contributed by atoms with van der Waals surface area (Å²) >= 11 is 2.81.